The van der Waals surface area contributed by atoms with E-state index in [9.17, 15) is 4.79 Å². The lowest BCUT2D eigenvalue weighted by atomic mass is 9.95. The molecule has 0 bridgehead atoms. The summed E-state index contributed by atoms with van der Waals surface area (Å²) in [5.41, 5.74) is 1.60. The van der Waals surface area contributed by atoms with Gasteiger partial charge in [-0.15, -0.1) is 0 Å². The fourth-order valence-electron chi connectivity index (χ4n) is 1.93. The van der Waals surface area contributed by atoms with Gasteiger partial charge in [-0.05, 0) is 31.0 Å². The van der Waals surface area contributed by atoms with Crippen molar-refractivity contribution in [2.75, 3.05) is 7.05 Å². The van der Waals surface area contributed by atoms with E-state index in [0.717, 1.165) is 11.3 Å². The summed E-state index contributed by atoms with van der Waals surface area (Å²) in [5.74, 6) is -0.268. The normalized spacial score (nSPS) is 19.8. The zero-order valence-corrected chi connectivity index (χ0v) is 11.1. The second-order valence-electron chi connectivity index (χ2n) is 4.06. The topological polar surface area (TPSA) is 32.7 Å². The number of amides is 1. The number of benzene rings is 1. The molecule has 0 unspecified atom stereocenters. The molecule has 0 saturated carbocycles. The van der Waals surface area contributed by atoms with E-state index in [2.05, 4.69) is 5.10 Å². The molecule has 0 fully saturated rings. The van der Waals surface area contributed by atoms with Gasteiger partial charge >= 0.3 is 0 Å². The molecule has 2 rings (SSSR count). The van der Waals surface area contributed by atoms with Crippen LogP contribution in [0.2, 0.25) is 10.0 Å². The van der Waals surface area contributed by atoms with Crippen molar-refractivity contribution in [2.24, 2.45) is 11.0 Å². The highest BCUT2D eigenvalue weighted by molar-refractivity contribution is 6.36. The first-order valence-electron chi connectivity index (χ1n) is 5.26. The van der Waals surface area contributed by atoms with Crippen LogP contribution in [-0.4, -0.2) is 23.7 Å². The maximum atomic E-state index is 11.9. The molecule has 0 aliphatic carbocycles. The quantitative estimate of drug-likeness (QED) is 0.813. The fraction of sp³-hybridized carbons (Fsp3) is 0.333. The van der Waals surface area contributed by atoms with E-state index in [1.165, 1.54) is 5.01 Å². The van der Waals surface area contributed by atoms with Crippen molar-refractivity contribution in [2.45, 2.75) is 13.3 Å². The van der Waals surface area contributed by atoms with Gasteiger partial charge in [0.2, 0.25) is 0 Å². The molecule has 1 aromatic rings. The van der Waals surface area contributed by atoms with Crippen LogP contribution in [0.15, 0.2) is 23.3 Å². The van der Waals surface area contributed by atoms with E-state index < -0.39 is 0 Å². The number of halogens is 2. The molecule has 1 aromatic carbocycles. The van der Waals surface area contributed by atoms with Crippen LogP contribution in [0.4, 0.5) is 0 Å². The Morgan fingerprint density at radius 2 is 1.94 bits per heavy atom. The molecule has 0 radical (unpaired) electrons. The molecule has 5 heteroatoms. The van der Waals surface area contributed by atoms with Gasteiger partial charge in [-0.1, -0.05) is 29.3 Å². The van der Waals surface area contributed by atoms with Crippen molar-refractivity contribution in [3.8, 4) is 0 Å². The van der Waals surface area contributed by atoms with Gasteiger partial charge in [-0.25, -0.2) is 5.01 Å². The minimum Gasteiger partial charge on any atom is -0.272 e. The van der Waals surface area contributed by atoms with Crippen LogP contribution in [0, 0.1) is 5.92 Å². The lowest BCUT2D eigenvalue weighted by molar-refractivity contribution is -0.130. The summed E-state index contributed by atoms with van der Waals surface area (Å²) in [6.45, 7) is 1.84. The minimum atomic E-state index is -0.252. The lowest BCUT2D eigenvalue weighted by Gasteiger charge is -2.12. The molecule has 0 N–H and O–H groups in total. The van der Waals surface area contributed by atoms with Crippen LogP contribution in [0.5, 0.6) is 0 Å². The Labute approximate surface area is 110 Å². The summed E-state index contributed by atoms with van der Waals surface area (Å²) in [4.78, 5) is 11.9. The number of rotatable bonds is 2. The summed E-state index contributed by atoms with van der Waals surface area (Å²) in [6, 6.07) is 5.34. The second kappa shape index (κ2) is 4.67. The molecule has 3 nitrogen and oxygen atoms in total. The zero-order valence-electron chi connectivity index (χ0n) is 9.58. The highest BCUT2D eigenvalue weighted by Gasteiger charge is 2.32. The molecular formula is C12H12Cl2N2O. The summed E-state index contributed by atoms with van der Waals surface area (Å²) >= 11 is 12.2. The smallest absolute Gasteiger partial charge is 0.251 e. The zero-order chi connectivity index (χ0) is 12.6. The van der Waals surface area contributed by atoms with Gasteiger partial charge in [0, 0.05) is 22.8 Å². The van der Waals surface area contributed by atoms with Gasteiger partial charge in [-0.2, -0.15) is 5.10 Å². The summed E-state index contributed by atoms with van der Waals surface area (Å²) in [7, 11) is 1.65. The van der Waals surface area contributed by atoms with E-state index in [1.54, 1.807) is 25.2 Å². The number of nitrogens with zero attached hydrogens (tertiary/aromatic N) is 2. The van der Waals surface area contributed by atoms with Gasteiger partial charge in [0.25, 0.3) is 5.91 Å². The molecule has 90 valence electrons. The van der Waals surface area contributed by atoms with Crippen molar-refractivity contribution in [1.82, 2.24) is 5.01 Å². The van der Waals surface area contributed by atoms with E-state index in [-0.39, 0.29) is 11.8 Å². The monoisotopic (exact) mass is 270 g/mol. The Morgan fingerprint density at radius 1 is 1.35 bits per heavy atom. The predicted molar refractivity (Wildman–Crippen MR) is 69.5 cm³/mol. The Kier molecular flexibility index (Phi) is 3.40. The Balaban J connectivity index is 2.28. The maximum Gasteiger partial charge on any atom is 0.251 e. The molecule has 0 spiro atoms. The Morgan fingerprint density at radius 3 is 2.41 bits per heavy atom. The predicted octanol–water partition coefficient (Wildman–Crippen LogP) is 3.00. The van der Waals surface area contributed by atoms with E-state index in [4.69, 9.17) is 23.2 Å². The van der Waals surface area contributed by atoms with Gasteiger partial charge in [0.15, 0.2) is 0 Å². The van der Waals surface area contributed by atoms with E-state index in [0.29, 0.717) is 16.5 Å². The minimum absolute atomic E-state index is 0.0153. The highest BCUT2D eigenvalue weighted by Crippen LogP contribution is 2.29. The van der Waals surface area contributed by atoms with Crippen LogP contribution in [0.1, 0.15) is 12.5 Å². The van der Waals surface area contributed by atoms with Crippen molar-refractivity contribution >= 4 is 34.8 Å². The number of carbonyl (C=O) groups excluding carboxylic acids is 1. The number of carbonyl (C=O) groups is 1. The summed E-state index contributed by atoms with van der Waals surface area (Å²) in [5, 5.41) is 6.67. The van der Waals surface area contributed by atoms with Gasteiger partial charge in [0.05, 0.1) is 5.92 Å². The van der Waals surface area contributed by atoms with Crippen molar-refractivity contribution in [1.29, 1.82) is 0 Å². The SMILES string of the molecule is CC1=NN(C)C(=O)[C@H]1Cc1c(Cl)cccc1Cl. The van der Waals surface area contributed by atoms with Gasteiger partial charge < -0.3 is 0 Å². The molecule has 1 aliphatic heterocycles. The third-order valence-corrected chi connectivity index (χ3v) is 3.61. The third-order valence-electron chi connectivity index (χ3n) is 2.90. The van der Waals surface area contributed by atoms with Crippen LogP contribution in [-0.2, 0) is 11.2 Å². The molecule has 1 atom stereocenters. The summed E-state index contributed by atoms with van der Waals surface area (Å²) < 4.78 is 0. The molecule has 0 saturated heterocycles. The van der Waals surface area contributed by atoms with Crippen molar-refractivity contribution in [3.05, 3.63) is 33.8 Å². The first kappa shape index (κ1) is 12.4. The molecule has 1 amide bonds. The lowest BCUT2D eigenvalue weighted by Crippen LogP contribution is -2.26. The van der Waals surface area contributed by atoms with Gasteiger partial charge in [-0.3, -0.25) is 4.79 Å². The van der Waals surface area contributed by atoms with Crippen LogP contribution < -0.4 is 0 Å². The van der Waals surface area contributed by atoms with Crippen LogP contribution in [0.25, 0.3) is 0 Å². The number of hydrazone groups is 1. The summed E-state index contributed by atoms with van der Waals surface area (Å²) in [6.07, 6.45) is 0.497. The Hall–Kier alpha value is -1.06. The molecular weight excluding hydrogens is 259 g/mol. The van der Waals surface area contributed by atoms with Crippen LogP contribution >= 0.6 is 23.2 Å². The largest absolute Gasteiger partial charge is 0.272 e. The standard InChI is InChI=1S/C12H12Cl2N2O/c1-7-8(12(17)16(2)15-7)6-9-10(13)4-3-5-11(9)14/h3-5,8H,6H2,1-2H3/t8-/m0/s1. The number of hydrogen-bond acceptors (Lipinski definition) is 2. The first-order valence-corrected chi connectivity index (χ1v) is 6.02. The van der Waals surface area contributed by atoms with Crippen molar-refractivity contribution in [3.63, 3.8) is 0 Å². The first-order chi connectivity index (χ1) is 8.00. The third kappa shape index (κ3) is 2.31. The van der Waals surface area contributed by atoms with Gasteiger partial charge in [0.1, 0.15) is 0 Å². The van der Waals surface area contributed by atoms with E-state index in [1.807, 2.05) is 6.92 Å². The average Bonchev–Trinajstić information content (AvgIpc) is 2.49. The molecule has 1 aliphatic rings. The van der Waals surface area contributed by atoms with Crippen molar-refractivity contribution < 1.29 is 4.79 Å². The molecule has 0 aromatic heterocycles. The number of hydrogen-bond donors (Lipinski definition) is 0. The fourth-order valence-corrected chi connectivity index (χ4v) is 2.48. The van der Waals surface area contributed by atoms with Crippen LogP contribution in [0.3, 0.4) is 0 Å². The average molecular weight is 271 g/mol. The second-order valence-corrected chi connectivity index (χ2v) is 4.87. The molecule has 17 heavy (non-hydrogen) atoms. The van der Waals surface area contributed by atoms with E-state index >= 15 is 0 Å². The highest BCUT2D eigenvalue weighted by atomic mass is 35.5. The maximum absolute atomic E-state index is 11.9. The Bertz CT molecular complexity index is 479. The molecule has 1 heterocycles.